The van der Waals surface area contributed by atoms with Crippen LogP contribution in [0.3, 0.4) is 0 Å². The van der Waals surface area contributed by atoms with Gasteiger partial charge in [0.05, 0.1) is 16.5 Å². The number of nitrogens with one attached hydrogen (secondary N) is 2. The second-order valence-electron chi connectivity index (χ2n) is 5.33. The van der Waals surface area contributed by atoms with Crippen molar-refractivity contribution < 1.29 is 0 Å². The summed E-state index contributed by atoms with van der Waals surface area (Å²) >= 11 is 0. The summed E-state index contributed by atoms with van der Waals surface area (Å²) in [6, 6.07) is 7.40. The third-order valence-electron chi connectivity index (χ3n) is 4.07. The molecule has 4 rings (SSSR count). The Kier molecular flexibility index (Phi) is 2.35. The summed E-state index contributed by atoms with van der Waals surface area (Å²) in [5, 5.41) is 5.80. The molecule has 0 atom stereocenters. The fourth-order valence-corrected chi connectivity index (χ4v) is 3.27. The van der Waals surface area contributed by atoms with Gasteiger partial charge in [0.1, 0.15) is 0 Å². The average Bonchev–Trinajstić information content (AvgIpc) is 3.02. The highest BCUT2D eigenvalue weighted by Gasteiger charge is 2.25. The summed E-state index contributed by atoms with van der Waals surface area (Å²) in [7, 11) is 0. The monoisotopic (exact) mass is 282 g/mol. The van der Waals surface area contributed by atoms with Crippen LogP contribution in [0.4, 0.5) is 5.69 Å². The van der Waals surface area contributed by atoms with Crippen molar-refractivity contribution in [2.75, 3.05) is 5.73 Å². The molecule has 0 saturated carbocycles. The number of aromatic nitrogens is 3. The van der Waals surface area contributed by atoms with E-state index in [-0.39, 0.29) is 11.1 Å². The molecule has 0 bridgehead atoms. The number of fused-ring (bicyclic) bond motifs is 3. The molecule has 3 heterocycles. The zero-order valence-electron chi connectivity index (χ0n) is 11.3. The van der Waals surface area contributed by atoms with Crippen LogP contribution < -0.4 is 16.9 Å². The summed E-state index contributed by atoms with van der Waals surface area (Å²) in [4.78, 5) is 24.4. The minimum Gasteiger partial charge on any atom is -0.399 e. The molecule has 0 spiro atoms. The smallest absolute Gasteiger partial charge is 0.272 e. The maximum atomic E-state index is 12.2. The van der Waals surface area contributed by atoms with Gasteiger partial charge >= 0.3 is 0 Å². The van der Waals surface area contributed by atoms with Crippen LogP contribution in [0.1, 0.15) is 12.1 Å². The summed E-state index contributed by atoms with van der Waals surface area (Å²) in [5.41, 5.74) is 8.57. The lowest BCUT2D eigenvalue weighted by Crippen LogP contribution is -2.18. The van der Waals surface area contributed by atoms with E-state index >= 15 is 0 Å². The van der Waals surface area contributed by atoms with Gasteiger partial charge in [0.2, 0.25) is 0 Å². The third-order valence-corrected chi connectivity index (χ3v) is 4.07. The van der Waals surface area contributed by atoms with Crippen molar-refractivity contribution in [1.82, 2.24) is 14.8 Å². The number of aryl methyl sites for hydroxylation is 1. The van der Waals surface area contributed by atoms with E-state index < -0.39 is 0 Å². The number of aromatic amines is 2. The number of hydrogen-bond donors (Lipinski definition) is 3. The van der Waals surface area contributed by atoms with Gasteiger partial charge in [-0.05, 0) is 25.0 Å². The maximum absolute atomic E-state index is 12.2. The normalized spacial score (nSPS) is 13.7. The Morgan fingerprint density at radius 1 is 1.10 bits per heavy atom. The van der Waals surface area contributed by atoms with Crippen LogP contribution in [-0.4, -0.2) is 14.8 Å². The van der Waals surface area contributed by atoms with Crippen LogP contribution in [0.2, 0.25) is 0 Å². The molecular formula is C15H14N4O2. The molecule has 4 N–H and O–H groups in total. The number of hydrogen-bond acceptors (Lipinski definition) is 3. The summed E-state index contributed by atoms with van der Waals surface area (Å²) in [6.07, 6.45) is 1.79. The van der Waals surface area contributed by atoms with E-state index in [4.69, 9.17) is 5.73 Å². The largest absolute Gasteiger partial charge is 0.399 e. The van der Waals surface area contributed by atoms with Crippen LogP contribution in [0, 0.1) is 0 Å². The van der Waals surface area contributed by atoms with Crippen LogP contribution >= 0.6 is 0 Å². The summed E-state index contributed by atoms with van der Waals surface area (Å²) in [6.45, 7) is 0.813. The van der Waals surface area contributed by atoms with Gasteiger partial charge in [0.15, 0.2) is 0 Å². The van der Waals surface area contributed by atoms with Crippen LogP contribution in [-0.2, 0) is 13.0 Å². The number of nitrogens with zero attached hydrogens (tertiary/aromatic N) is 1. The van der Waals surface area contributed by atoms with E-state index in [0.29, 0.717) is 16.5 Å². The molecule has 2 aromatic heterocycles. The highest BCUT2D eigenvalue weighted by Crippen LogP contribution is 2.34. The highest BCUT2D eigenvalue weighted by atomic mass is 16.1. The standard InChI is InChI=1S/C15H14N4O2/c16-9-4-1-3-8(7-9)13-12-11(10-5-2-6-19(10)13)14(20)17-18-15(12)21/h1,3-4,7H,2,5-6,16H2,(H,17,20)(H,18,21). The van der Waals surface area contributed by atoms with Crippen molar-refractivity contribution in [2.24, 2.45) is 0 Å². The van der Waals surface area contributed by atoms with Crippen molar-refractivity contribution in [3.63, 3.8) is 0 Å². The third kappa shape index (κ3) is 1.59. The number of benzene rings is 1. The number of rotatable bonds is 1. The van der Waals surface area contributed by atoms with Crippen LogP contribution in [0.25, 0.3) is 22.0 Å². The second kappa shape index (κ2) is 4.12. The Morgan fingerprint density at radius 2 is 1.86 bits per heavy atom. The molecule has 0 fully saturated rings. The van der Waals surface area contributed by atoms with Crippen LogP contribution in [0.5, 0.6) is 0 Å². The first-order chi connectivity index (χ1) is 10.2. The fraction of sp³-hybridized carbons (Fsp3) is 0.200. The zero-order chi connectivity index (χ0) is 14.6. The number of H-pyrrole nitrogens is 2. The molecule has 1 aliphatic heterocycles. The lowest BCUT2D eigenvalue weighted by atomic mass is 10.1. The van der Waals surface area contributed by atoms with Crippen molar-refractivity contribution in [3.05, 3.63) is 50.7 Å². The molecule has 3 aromatic rings. The van der Waals surface area contributed by atoms with Crippen LogP contribution in [0.15, 0.2) is 33.9 Å². The molecule has 106 valence electrons. The topological polar surface area (TPSA) is 96.7 Å². The Bertz CT molecular complexity index is 977. The van der Waals surface area contributed by atoms with E-state index in [0.717, 1.165) is 36.3 Å². The van der Waals surface area contributed by atoms with Crippen molar-refractivity contribution in [1.29, 1.82) is 0 Å². The maximum Gasteiger partial charge on any atom is 0.272 e. The molecule has 1 aromatic carbocycles. The van der Waals surface area contributed by atoms with Gasteiger partial charge in [0, 0.05) is 23.5 Å². The Balaban J connectivity index is 2.22. The Morgan fingerprint density at radius 3 is 2.62 bits per heavy atom. The minimum absolute atomic E-state index is 0.245. The van der Waals surface area contributed by atoms with Gasteiger partial charge in [-0.3, -0.25) is 19.8 Å². The minimum atomic E-state index is -0.274. The van der Waals surface area contributed by atoms with Gasteiger partial charge in [-0.2, -0.15) is 0 Å². The van der Waals surface area contributed by atoms with Crippen molar-refractivity contribution in [2.45, 2.75) is 19.4 Å². The first kappa shape index (κ1) is 12.0. The van der Waals surface area contributed by atoms with Gasteiger partial charge in [0.25, 0.3) is 11.1 Å². The summed E-state index contributed by atoms with van der Waals surface area (Å²) < 4.78 is 2.07. The van der Waals surface area contributed by atoms with Gasteiger partial charge in [-0.1, -0.05) is 12.1 Å². The van der Waals surface area contributed by atoms with E-state index in [9.17, 15) is 9.59 Å². The Hall–Kier alpha value is -2.76. The fourth-order valence-electron chi connectivity index (χ4n) is 3.27. The molecule has 21 heavy (non-hydrogen) atoms. The first-order valence-corrected chi connectivity index (χ1v) is 6.89. The molecular weight excluding hydrogens is 268 g/mol. The van der Waals surface area contributed by atoms with Gasteiger partial charge in [-0.15, -0.1) is 0 Å². The molecule has 6 nitrogen and oxygen atoms in total. The molecule has 0 radical (unpaired) electrons. The van der Waals surface area contributed by atoms with E-state index in [1.807, 2.05) is 18.2 Å². The molecule has 0 unspecified atom stereocenters. The highest BCUT2D eigenvalue weighted by molar-refractivity contribution is 5.97. The van der Waals surface area contributed by atoms with E-state index in [2.05, 4.69) is 14.8 Å². The molecule has 0 saturated heterocycles. The number of anilines is 1. The molecule has 0 aliphatic carbocycles. The van der Waals surface area contributed by atoms with E-state index in [1.165, 1.54) is 0 Å². The SMILES string of the molecule is Nc1cccc(-c2c3c(=O)[nH][nH]c(=O)c3c3n2CCC3)c1. The van der Waals surface area contributed by atoms with Gasteiger partial charge in [-0.25, -0.2) is 0 Å². The predicted octanol–water partition coefficient (Wildman–Crippen LogP) is 1.21. The molecule has 0 amide bonds. The lowest BCUT2D eigenvalue weighted by Gasteiger charge is -2.07. The lowest BCUT2D eigenvalue weighted by molar-refractivity contribution is 0.758. The zero-order valence-corrected chi connectivity index (χ0v) is 11.3. The van der Waals surface area contributed by atoms with Crippen molar-refractivity contribution in [3.8, 4) is 11.3 Å². The van der Waals surface area contributed by atoms with E-state index in [1.54, 1.807) is 6.07 Å². The van der Waals surface area contributed by atoms with Crippen molar-refractivity contribution >= 4 is 16.5 Å². The predicted molar refractivity (Wildman–Crippen MR) is 81.3 cm³/mol. The molecule has 1 aliphatic rings. The number of nitrogen functional groups attached to an aromatic ring is 1. The molecule has 6 heteroatoms. The second-order valence-corrected chi connectivity index (χ2v) is 5.33. The Labute approximate surface area is 119 Å². The van der Waals surface area contributed by atoms with Gasteiger partial charge < -0.3 is 10.3 Å². The quantitative estimate of drug-likeness (QED) is 0.585. The first-order valence-electron chi connectivity index (χ1n) is 6.89. The number of nitrogens with two attached hydrogens (primary N) is 1. The summed E-state index contributed by atoms with van der Waals surface area (Å²) in [5.74, 6) is 0. The average molecular weight is 282 g/mol.